The number of nitrogens with zero attached hydrogens (tertiary/aromatic N) is 2. The molecular formula is C23H28N2O4S. The number of hydrogen-bond donors (Lipinski definition) is 1. The Morgan fingerprint density at radius 3 is 2.43 bits per heavy atom. The summed E-state index contributed by atoms with van der Waals surface area (Å²) in [5, 5.41) is 0. The number of anilines is 2. The quantitative estimate of drug-likeness (QED) is 0.566. The molecule has 0 radical (unpaired) electrons. The first kappa shape index (κ1) is 22.1. The molecule has 0 aromatic heterocycles. The molecule has 7 heteroatoms. The Morgan fingerprint density at radius 1 is 1.10 bits per heavy atom. The van der Waals surface area contributed by atoms with Gasteiger partial charge >= 0.3 is 0 Å². The minimum atomic E-state index is -4.28. The third kappa shape index (κ3) is 5.11. The summed E-state index contributed by atoms with van der Waals surface area (Å²) in [4.78, 5) is 3.95. The fraction of sp³-hybridized carbons (Fsp3) is 0.304. The second kappa shape index (κ2) is 8.63. The molecule has 1 aliphatic rings. The van der Waals surface area contributed by atoms with Crippen LogP contribution in [0.2, 0.25) is 0 Å². The lowest BCUT2D eigenvalue weighted by Gasteiger charge is -2.26. The fourth-order valence-corrected chi connectivity index (χ4v) is 3.87. The van der Waals surface area contributed by atoms with E-state index in [1.54, 1.807) is 6.07 Å². The molecule has 0 aliphatic carbocycles. The molecule has 1 heterocycles. The summed E-state index contributed by atoms with van der Waals surface area (Å²) in [6.45, 7) is 4.90. The topological polar surface area (TPSA) is 70.1 Å². The van der Waals surface area contributed by atoms with Gasteiger partial charge in [0.15, 0.2) is 0 Å². The minimum Gasteiger partial charge on any atom is -0.378 e. The molecule has 0 bridgehead atoms. The highest BCUT2D eigenvalue weighted by molar-refractivity contribution is 7.85. The van der Waals surface area contributed by atoms with E-state index in [0.717, 1.165) is 16.9 Å². The van der Waals surface area contributed by atoms with Crippen LogP contribution in [0, 0.1) is 0 Å². The molecule has 6 nitrogen and oxygen atoms in total. The van der Waals surface area contributed by atoms with Crippen molar-refractivity contribution in [2.75, 3.05) is 37.0 Å². The van der Waals surface area contributed by atoms with E-state index < -0.39 is 15.7 Å². The Kier molecular flexibility index (Phi) is 6.36. The van der Waals surface area contributed by atoms with E-state index in [1.165, 1.54) is 12.1 Å². The van der Waals surface area contributed by atoms with E-state index in [4.69, 9.17) is 4.74 Å². The molecule has 0 amide bonds. The van der Waals surface area contributed by atoms with E-state index >= 15 is 0 Å². The summed E-state index contributed by atoms with van der Waals surface area (Å²) in [5.74, 6) is 0. The van der Waals surface area contributed by atoms with Gasteiger partial charge in [-0.05, 0) is 55.8 Å². The Balaban J connectivity index is 1.84. The first-order valence-electron chi connectivity index (χ1n) is 9.73. The average Bonchev–Trinajstić information content (AvgIpc) is 2.81. The van der Waals surface area contributed by atoms with Gasteiger partial charge in [-0.15, -0.1) is 0 Å². The molecule has 0 spiro atoms. The van der Waals surface area contributed by atoms with Crippen LogP contribution >= 0.6 is 0 Å². The van der Waals surface area contributed by atoms with Crippen molar-refractivity contribution in [1.82, 2.24) is 0 Å². The van der Waals surface area contributed by atoms with Gasteiger partial charge in [-0.1, -0.05) is 24.3 Å². The zero-order valence-electron chi connectivity index (χ0n) is 17.7. The summed E-state index contributed by atoms with van der Waals surface area (Å²) in [6, 6.07) is 12.9. The lowest BCUT2D eigenvalue weighted by atomic mass is 9.96. The Labute approximate surface area is 178 Å². The predicted octanol–water partition coefficient (Wildman–Crippen LogP) is 4.30. The van der Waals surface area contributed by atoms with E-state index in [2.05, 4.69) is 29.2 Å². The standard InChI is InChI=1S/C23H28N2O4S/c1-23(2)21-17-20(30(26,27)28)12-13-22(21)25(15-16-29-23)14-6-5-7-18-8-10-19(11-9-18)24(3)4/h5-14,17H,15-16H2,1-4H3,(H,26,27,28)/b7-5+,14-6-. The predicted molar refractivity (Wildman–Crippen MR) is 122 cm³/mol. The number of allylic oxidation sites excluding steroid dienone is 2. The minimum absolute atomic E-state index is 0.134. The van der Waals surface area contributed by atoms with Crippen LogP contribution in [0.4, 0.5) is 11.4 Å². The van der Waals surface area contributed by atoms with E-state index in [9.17, 15) is 13.0 Å². The maximum atomic E-state index is 11.6. The fourth-order valence-electron chi connectivity index (χ4n) is 3.36. The molecule has 0 saturated carbocycles. The zero-order valence-corrected chi connectivity index (χ0v) is 18.6. The van der Waals surface area contributed by atoms with Crippen LogP contribution in [0.15, 0.2) is 65.7 Å². The maximum absolute atomic E-state index is 11.6. The van der Waals surface area contributed by atoms with Crippen LogP contribution in [0.1, 0.15) is 25.0 Å². The highest BCUT2D eigenvalue weighted by Crippen LogP contribution is 2.37. The summed E-state index contributed by atoms with van der Waals surface area (Å²) in [6.07, 6.45) is 7.88. The Hall–Kier alpha value is -2.61. The van der Waals surface area contributed by atoms with Crippen LogP contribution in [-0.4, -0.2) is 40.2 Å². The van der Waals surface area contributed by atoms with Crippen molar-refractivity contribution in [3.05, 3.63) is 71.9 Å². The number of rotatable bonds is 5. The second-order valence-corrected chi connectivity index (χ2v) is 9.31. The largest absolute Gasteiger partial charge is 0.378 e. The molecule has 0 saturated heterocycles. The maximum Gasteiger partial charge on any atom is 0.294 e. The van der Waals surface area contributed by atoms with Gasteiger partial charge in [0.25, 0.3) is 10.1 Å². The normalized spacial score (nSPS) is 16.6. The van der Waals surface area contributed by atoms with Crippen LogP contribution in [0.3, 0.4) is 0 Å². The molecule has 0 fully saturated rings. The van der Waals surface area contributed by atoms with E-state index in [1.807, 2.05) is 57.3 Å². The Morgan fingerprint density at radius 2 is 1.80 bits per heavy atom. The van der Waals surface area contributed by atoms with Crippen LogP contribution in [-0.2, 0) is 20.5 Å². The lowest BCUT2D eigenvalue weighted by Crippen LogP contribution is -2.21. The highest BCUT2D eigenvalue weighted by atomic mass is 32.2. The molecule has 30 heavy (non-hydrogen) atoms. The Bertz CT molecular complexity index is 1060. The number of ether oxygens (including phenoxy) is 1. The number of benzene rings is 2. The van der Waals surface area contributed by atoms with Crippen molar-refractivity contribution < 1.29 is 17.7 Å². The highest BCUT2D eigenvalue weighted by Gasteiger charge is 2.30. The molecule has 2 aromatic rings. The molecule has 1 N–H and O–H groups in total. The summed E-state index contributed by atoms with van der Waals surface area (Å²) < 4.78 is 38.5. The average molecular weight is 429 g/mol. The smallest absolute Gasteiger partial charge is 0.294 e. The second-order valence-electron chi connectivity index (χ2n) is 7.89. The molecule has 3 rings (SSSR count). The van der Waals surface area contributed by atoms with Crippen molar-refractivity contribution in [1.29, 1.82) is 0 Å². The monoisotopic (exact) mass is 428 g/mol. The molecule has 0 unspecified atom stereocenters. The van der Waals surface area contributed by atoms with Gasteiger partial charge in [-0.2, -0.15) is 8.42 Å². The molecule has 0 atom stereocenters. The van der Waals surface area contributed by atoms with Gasteiger partial charge in [0, 0.05) is 43.8 Å². The first-order valence-corrected chi connectivity index (χ1v) is 11.2. The number of fused-ring (bicyclic) bond motifs is 1. The summed E-state index contributed by atoms with van der Waals surface area (Å²) in [7, 11) is -0.261. The van der Waals surface area contributed by atoms with E-state index in [-0.39, 0.29) is 4.90 Å². The van der Waals surface area contributed by atoms with Gasteiger partial charge in [-0.3, -0.25) is 4.55 Å². The summed E-state index contributed by atoms with van der Waals surface area (Å²) >= 11 is 0. The lowest BCUT2D eigenvalue weighted by molar-refractivity contribution is -0.0129. The van der Waals surface area contributed by atoms with Gasteiger partial charge in [0.2, 0.25) is 0 Å². The van der Waals surface area contributed by atoms with Crippen molar-refractivity contribution in [2.45, 2.75) is 24.3 Å². The zero-order chi connectivity index (χ0) is 21.9. The molecular weight excluding hydrogens is 400 g/mol. The van der Waals surface area contributed by atoms with Gasteiger partial charge in [-0.25, -0.2) is 0 Å². The first-order chi connectivity index (χ1) is 14.1. The SMILES string of the molecule is CN(C)c1ccc(/C=C/C=C\N2CCOC(C)(C)c3cc(S(=O)(=O)O)ccc32)cc1. The van der Waals surface area contributed by atoms with Crippen LogP contribution in [0.25, 0.3) is 6.08 Å². The van der Waals surface area contributed by atoms with Crippen LogP contribution < -0.4 is 9.80 Å². The van der Waals surface area contributed by atoms with Crippen molar-refractivity contribution >= 4 is 27.6 Å². The molecule has 160 valence electrons. The third-order valence-corrected chi connectivity index (χ3v) is 5.94. The van der Waals surface area contributed by atoms with Gasteiger partial charge in [0.1, 0.15) is 0 Å². The van der Waals surface area contributed by atoms with Gasteiger partial charge < -0.3 is 14.5 Å². The molecule has 2 aromatic carbocycles. The third-order valence-electron chi connectivity index (χ3n) is 5.09. The van der Waals surface area contributed by atoms with Crippen molar-refractivity contribution in [2.24, 2.45) is 0 Å². The van der Waals surface area contributed by atoms with E-state index in [0.29, 0.717) is 18.7 Å². The van der Waals surface area contributed by atoms with Crippen molar-refractivity contribution in [3.63, 3.8) is 0 Å². The van der Waals surface area contributed by atoms with Crippen molar-refractivity contribution in [3.8, 4) is 0 Å². The number of hydrogen-bond acceptors (Lipinski definition) is 5. The summed E-state index contributed by atoms with van der Waals surface area (Å²) in [5.41, 5.74) is 3.13. The molecule has 1 aliphatic heterocycles. The van der Waals surface area contributed by atoms with Crippen LogP contribution in [0.5, 0.6) is 0 Å². The van der Waals surface area contributed by atoms with Gasteiger partial charge in [0.05, 0.1) is 17.1 Å².